The van der Waals surface area contributed by atoms with Gasteiger partial charge in [-0.25, -0.2) is 4.39 Å². The zero-order valence-corrected chi connectivity index (χ0v) is 16.0. The van der Waals surface area contributed by atoms with Crippen molar-refractivity contribution >= 4 is 11.0 Å². The summed E-state index contributed by atoms with van der Waals surface area (Å²) in [4.78, 5) is 2.45. The third-order valence-corrected chi connectivity index (χ3v) is 5.76. The Morgan fingerprint density at radius 1 is 1.19 bits per heavy atom. The van der Waals surface area contributed by atoms with Gasteiger partial charge >= 0.3 is 0 Å². The van der Waals surface area contributed by atoms with Gasteiger partial charge in [0.1, 0.15) is 5.82 Å². The Kier molecular flexibility index (Phi) is 6.30. The van der Waals surface area contributed by atoms with Gasteiger partial charge in [-0.15, -0.1) is 0 Å². The normalized spacial score (nSPS) is 17.2. The first kappa shape index (κ1) is 19.3. The molecule has 0 spiro atoms. The minimum Gasteiger partial charge on any atom is -0.390 e. The van der Waals surface area contributed by atoms with Crippen molar-refractivity contribution in [1.82, 2.24) is 10.1 Å². The Balaban J connectivity index is 1.55. The summed E-state index contributed by atoms with van der Waals surface area (Å²) >= 11 is 0. The van der Waals surface area contributed by atoms with Gasteiger partial charge in [-0.1, -0.05) is 31.8 Å². The Morgan fingerprint density at radius 3 is 2.54 bits per heavy atom. The minimum absolute atomic E-state index is 0.290. The summed E-state index contributed by atoms with van der Waals surface area (Å²) in [6.07, 6.45) is 6.73. The van der Waals surface area contributed by atoms with Crippen LogP contribution in [-0.2, 0) is 0 Å². The fraction of sp³-hybridized carbons (Fsp3) is 0.667. The average Bonchev–Trinajstić information content (AvgIpc) is 3.04. The highest BCUT2D eigenvalue weighted by molar-refractivity contribution is 5.79. The third-order valence-electron chi connectivity index (χ3n) is 5.76. The lowest BCUT2D eigenvalue weighted by Crippen LogP contribution is -2.38. The van der Waals surface area contributed by atoms with Crippen molar-refractivity contribution in [2.75, 3.05) is 19.6 Å². The zero-order chi connectivity index (χ0) is 18.6. The van der Waals surface area contributed by atoms with Crippen LogP contribution in [0.4, 0.5) is 4.39 Å². The van der Waals surface area contributed by atoms with E-state index in [4.69, 9.17) is 4.52 Å². The molecule has 0 radical (unpaired) electrons. The lowest BCUT2D eigenvalue weighted by molar-refractivity contribution is 0.00209. The third kappa shape index (κ3) is 4.44. The molecule has 2 aromatic rings. The van der Waals surface area contributed by atoms with Crippen molar-refractivity contribution in [2.24, 2.45) is 0 Å². The molecule has 3 rings (SSSR count). The van der Waals surface area contributed by atoms with Crippen LogP contribution in [0.1, 0.15) is 70.4 Å². The van der Waals surface area contributed by atoms with Crippen LogP contribution in [-0.4, -0.2) is 40.4 Å². The van der Waals surface area contributed by atoms with Gasteiger partial charge in [0, 0.05) is 23.9 Å². The first-order valence-electron chi connectivity index (χ1n) is 10.0. The van der Waals surface area contributed by atoms with Gasteiger partial charge in [-0.05, 0) is 57.3 Å². The molecule has 2 heterocycles. The van der Waals surface area contributed by atoms with Crippen molar-refractivity contribution in [1.29, 1.82) is 0 Å². The van der Waals surface area contributed by atoms with Crippen molar-refractivity contribution in [3.05, 3.63) is 29.7 Å². The summed E-state index contributed by atoms with van der Waals surface area (Å²) in [5.74, 6) is 0.0739. The monoisotopic (exact) mass is 362 g/mol. The molecule has 4 nitrogen and oxygen atoms in total. The van der Waals surface area contributed by atoms with Crippen molar-refractivity contribution in [2.45, 2.75) is 70.3 Å². The number of rotatable bonds is 8. The molecule has 1 aromatic carbocycles. The van der Waals surface area contributed by atoms with Crippen LogP contribution in [0.2, 0.25) is 0 Å². The van der Waals surface area contributed by atoms with Crippen LogP contribution in [0.25, 0.3) is 11.0 Å². The lowest BCUT2D eigenvalue weighted by atomic mass is 9.88. The highest BCUT2D eigenvalue weighted by Crippen LogP contribution is 2.33. The number of hydrogen-bond acceptors (Lipinski definition) is 4. The van der Waals surface area contributed by atoms with Crippen LogP contribution in [0, 0.1) is 5.82 Å². The van der Waals surface area contributed by atoms with E-state index < -0.39 is 5.60 Å². The van der Waals surface area contributed by atoms with Gasteiger partial charge in [0.15, 0.2) is 5.58 Å². The van der Waals surface area contributed by atoms with E-state index >= 15 is 0 Å². The Bertz CT molecular complexity index is 701. The second kappa shape index (κ2) is 8.49. The largest absolute Gasteiger partial charge is 0.390 e. The minimum atomic E-state index is -0.507. The van der Waals surface area contributed by atoms with E-state index in [0.29, 0.717) is 11.5 Å². The Hall–Kier alpha value is -1.46. The van der Waals surface area contributed by atoms with Crippen molar-refractivity contribution < 1.29 is 14.0 Å². The molecule has 1 aliphatic rings. The quantitative estimate of drug-likeness (QED) is 0.728. The molecule has 5 heteroatoms. The maximum absolute atomic E-state index is 13.3. The molecule has 0 unspecified atom stereocenters. The maximum atomic E-state index is 13.3. The number of benzene rings is 1. The number of likely N-dealkylation sites (tertiary alicyclic amines) is 1. The van der Waals surface area contributed by atoms with Crippen LogP contribution in [0.15, 0.2) is 22.7 Å². The summed E-state index contributed by atoms with van der Waals surface area (Å²) in [7, 11) is 0. The number of piperidine rings is 1. The van der Waals surface area contributed by atoms with Crippen LogP contribution in [0.5, 0.6) is 0 Å². The number of aromatic nitrogens is 1. The van der Waals surface area contributed by atoms with E-state index in [0.717, 1.165) is 75.7 Å². The number of halogens is 1. The zero-order valence-electron chi connectivity index (χ0n) is 16.0. The van der Waals surface area contributed by atoms with Gasteiger partial charge in [0.2, 0.25) is 0 Å². The summed E-state index contributed by atoms with van der Waals surface area (Å²) in [5.41, 5.74) is 0.993. The van der Waals surface area contributed by atoms with Gasteiger partial charge in [0.25, 0.3) is 0 Å². The maximum Gasteiger partial charge on any atom is 0.170 e. The van der Waals surface area contributed by atoms with E-state index in [1.54, 1.807) is 6.07 Å². The molecule has 1 N–H and O–H groups in total. The molecule has 0 atom stereocenters. The van der Waals surface area contributed by atoms with Crippen molar-refractivity contribution in [3.63, 3.8) is 0 Å². The van der Waals surface area contributed by atoms with Crippen molar-refractivity contribution in [3.8, 4) is 0 Å². The molecule has 1 saturated heterocycles. The van der Waals surface area contributed by atoms with Gasteiger partial charge in [0.05, 0.1) is 11.3 Å². The van der Waals surface area contributed by atoms with E-state index in [1.165, 1.54) is 12.1 Å². The number of hydrogen-bond donors (Lipinski definition) is 1. The van der Waals surface area contributed by atoms with Gasteiger partial charge in [-0.2, -0.15) is 0 Å². The first-order chi connectivity index (χ1) is 12.5. The molecular formula is C21H31FN2O2. The number of nitrogens with zero attached hydrogens (tertiary/aromatic N) is 2. The van der Waals surface area contributed by atoms with Crippen LogP contribution >= 0.6 is 0 Å². The topological polar surface area (TPSA) is 49.5 Å². The predicted octanol–water partition coefficient (Wildman–Crippen LogP) is 4.87. The van der Waals surface area contributed by atoms with Gasteiger partial charge < -0.3 is 14.5 Å². The summed E-state index contributed by atoms with van der Waals surface area (Å²) < 4.78 is 18.6. The van der Waals surface area contributed by atoms with E-state index in [1.807, 2.05) is 0 Å². The molecule has 0 saturated carbocycles. The SMILES string of the molecule is CCCC(O)(CCC)CCN1CCC(c2noc3cc(F)ccc23)CC1. The van der Waals surface area contributed by atoms with E-state index in [9.17, 15) is 9.50 Å². The lowest BCUT2D eigenvalue weighted by Gasteiger charge is -2.35. The van der Waals surface area contributed by atoms with Crippen LogP contribution < -0.4 is 0 Å². The summed E-state index contributed by atoms with van der Waals surface area (Å²) in [6, 6.07) is 4.65. The molecule has 26 heavy (non-hydrogen) atoms. The molecule has 0 bridgehead atoms. The van der Waals surface area contributed by atoms with Crippen LogP contribution in [0.3, 0.4) is 0 Å². The Morgan fingerprint density at radius 2 is 1.88 bits per heavy atom. The molecule has 0 aliphatic carbocycles. The first-order valence-corrected chi connectivity index (χ1v) is 10.0. The molecule has 1 aliphatic heterocycles. The smallest absolute Gasteiger partial charge is 0.170 e. The summed E-state index contributed by atoms with van der Waals surface area (Å²) in [6.45, 7) is 7.25. The molecular weight excluding hydrogens is 331 g/mol. The number of fused-ring (bicyclic) bond motifs is 1. The molecule has 1 fully saturated rings. The molecule has 0 amide bonds. The van der Waals surface area contributed by atoms with E-state index in [-0.39, 0.29) is 5.82 Å². The standard InChI is InChI=1S/C21H31FN2O2/c1-3-9-21(25,10-4-2)11-14-24-12-7-16(8-13-24)20-18-6-5-17(22)15-19(18)26-23-20/h5-6,15-16,25H,3-4,7-14H2,1-2H3. The fourth-order valence-electron chi connectivity index (χ4n) is 4.33. The second-order valence-corrected chi connectivity index (χ2v) is 7.80. The second-order valence-electron chi connectivity index (χ2n) is 7.80. The molecule has 144 valence electrons. The number of aliphatic hydroxyl groups is 1. The Labute approximate surface area is 155 Å². The average molecular weight is 362 g/mol. The molecule has 1 aromatic heterocycles. The predicted molar refractivity (Wildman–Crippen MR) is 102 cm³/mol. The highest BCUT2D eigenvalue weighted by Gasteiger charge is 2.28. The summed E-state index contributed by atoms with van der Waals surface area (Å²) in [5, 5.41) is 16.0. The van der Waals surface area contributed by atoms with Gasteiger partial charge in [-0.3, -0.25) is 0 Å². The van der Waals surface area contributed by atoms with E-state index in [2.05, 4.69) is 23.9 Å². The highest BCUT2D eigenvalue weighted by atomic mass is 19.1. The fourth-order valence-corrected chi connectivity index (χ4v) is 4.33.